The lowest BCUT2D eigenvalue weighted by molar-refractivity contribution is -0.132. The van der Waals surface area contributed by atoms with Gasteiger partial charge in [-0.05, 0) is 30.5 Å². The van der Waals surface area contributed by atoms with Crippen LogP contribution in [0.4, 0.5) is 0 Å². The zero-order valence-electron chi connectivity index (χ0n) is 15.9. The second-order valence-corrected chi connectivity index (χ2v) is 8.39. The first-order valence-corrected chi connectivity index (χ1v) is 10.5. The molecule has 0 bridgehead atoms. The molecule has 150 valence electrons. The Balaban J connectivity index is 1.67. The first kappa shape index (κ1) is 21.2. The van der Waals surface area contributed by atoms with E-state index in [0.717, 1.165) is 11.1 Å². The molecule has 29 heavy (non-hydrogen) atoms. The highest BCUT2D eigenvalue weighted by Crippen LogP contribution is 2.34. The Morgan fingerprint density at radius 1 is 1.17 bits per heavy atom. The van der Waals surface area contributed by atoms with Crippen molar-refractivity contribution in [1.29, 1.82) is 0 Å². The van der Waals surface area contributed by atoms with Crippen molar-refractivity contribution in [2.45, 2.75) is 25.4 Å². The summed E-state index contributed by atoms with van der Waals surface area (Å²) in [5, 5.41) is 12.5. The summed E-state index contributed by atoms with van der Waals surface area (Å²) in [5.74, 6) is -0.632. The Bertz CT molecular complexity index is 916. The zero-order chi connectivity index (χ0) is 20.8. The van der Waals surface area contributed by atoms with Gasteiger partial charge in [0.25, 0.3) is 5.91 Å². The van der Waals surface area contributed by atoms with Gasteiger partial charge in [0.2, 0.25) is 5.91 Å². The van der Waals surface area contributed by atoms with E-state index < -0.39 is 12.1 Å². The van der Waals surface area contributed by atoms with Crippen molar-refractivity contribution in [2.75, 3.05) is 6.61 Å². The fraction of sp³-hybridized carbons (Fsp3) is 0.227. The first-order chi connectivity index (χ1) is 14.0. The van der Waals surface area contributed by atoms with E-state index >= 15 is 0 Å². The smallest absolute Gasteiger partial charge is 0.266 e. The quantitative estimate of drug-likeness (QED) is 0.526. The molecule has 7 heteroatoms. The lowest BCUT2D eigenvalue weighted by Crippen LogP contribution is -2.51. The Hall–Kier alpha value is -2.48. The van der Waals surface area contributed by atoms with E-state index in [1.807, 2.05) is 60.7 Å². The van der Waals surface area contributed by atoms with E-state index in [-0.39, 0.29) is 18.4 Å². The molecule has 2 N–H and O–H groups in total. The van der Waals surface area contributed by atoms with Gasteiger partial charge in [0.05, 0.1) is 17.6 Å². The van der Waals surface area contributed by atoms with Crippen molar-refractivity contribution < 1.29 is 14.7 Å². The standard InChI is InChI=1S/C22H22N2O3S2/c1-15(20(26)23-18(14-25)12-16-8-4-2-5-9-16)24-21(27)19(29-22(24)28)13-17-10-6-3-7-11-17/h2-11,13,15,18,25H,12,14H2,1H3,(H,23,26)/b19-13-/t15-,18-/m0/s1. The summed E-state index contributed by atoms with van der Waals surface area (Å²) in [5.41, 5.74) is 1.91. The average molecular weight is 427 g/mol. The van der Waals surface area contributed by atoms with Crippen LogP contribution in [0.15, 0.2) is 65.6 Å². The summed E-state index contributed by atoms with van der Waals surface area (Å²) >= 11 is 6.54. The minimum Gasteiger partial charge on any atom is -0.394 e. The number of aliphatic hydroxyl groups is 1. The van der Waals surface area contributed by atoms with Crippen molar-refractivity contribution in [3.05, 3.63) is 76.7 Å². The number of hydrogen-bond acceptors (Lipinski definition) is 5. The third kappa shape index (κ3) is 5.32. The molecule has 2 amide bonds. The highest BCUT2D eigenvalue weighted by molar-refractivity contribution is 8.26. The van der Waals surface area contributed by atoms with Crippen LogP contribution in [0.3, 0.4) is 0 Å². The Labute approximate surface area is 179 Å². The second-order valence-electron chi connectivity index (χ2n) is 6.72. The van der Waals surface area contributed by atoms with Gasteiger partial charge in [-0.1, -0.05) is 84.6 Å². The van der Waals surface area contributed by atoms with Crippen LogP contribution in [0.25, 0.3) is 6.08 Å². The Morgan fingerprint density at radius 3 is 2.41 bits per heavy atom. The van der Waals surface area contributed by atoms with Gasteiger partial charge < -0.3 is 10.4 Å². The molecule has 2 atom stereocenters. The number of aliphatic hydroxyl groups excluding tert-OH is 1. The van der Waals surface area contributed by atoms with Crippen LogP contribution in [0.1, 0.15) is 18.1 Å². The predicted molar refractivity (Wildman–Crippen MR) is 120 cm³/mol. The monoisotopic (exact) mass is 426 g/mol. The minimum absolute atomic E-state index is 0.195. The molecule has 0 aliphatic carbocycles. The third-order valence-electron chi connectivity index (χ3n) is 4.58. The van der Waals surface area contributed by atoms with Gasteiger partial charge in [0.15, 0.2) is 0 Å². The zero-order valence-corrected chi connectivity index (χ0v) is 17.6. The average Bonchev–Trinajstić information content (AvgIpc) is 3.01. The van der Waals surface area contributed by atoms with Gasteiger partial charge in [0.1, 0.15) is 10.4 Å². The topological polar surface area (TPSA) is 69.6 Å². The molecule has 2 aromatic carbocycles. The number of thioether (sulfide) groups is 1. The fourth-order valence-electron chi connectivity index (χ4n) is 3.01. The Morgan fingerprint density at radius 2 is 1.79 bits per heavy atom. The van der Waals surface area contributed by atoms with E-state index in [1.165, 1.54) is 16.7 Å². The summed E-state index contributed by atoms with van der Waals surface area (Å²) in [6.07, 6.45) is 2.28. The normalized spacial score (nSPS) is 17.4. The maximum atomic E-state index is 12.8. The molecule has 0 spiro atoms. The van der Waals surface area contributed by atoms with E-state index in [1.54, 1.807) is 13.0 Å². The van der Waals surface area contributed by atoms with Crippen LogP contribution in [-0.4, -0.2) is 44.8 Å². The van der Waals surface area contributed by atoms with E-state index in [9.17, 15) is 14.7 Å². The van der Waals surface area contributed by atoms with Crippen LogP contribution in [0, 0.1) is 0 Å². The van der Waals surface area contributed by atoms with E-state index in [0.29, 0.717) is 15.6 Å². The van der Waals surface area contributed by atoms with Gasteiger partial charge >= 0.3 is 0 Å². The number of nitrogens with one attached hydrogen (secondary N) is 1. The molecule has 5 nitrogen and oxygen atoms in total. The number of amides is 2. The number of thiocarbonyl (C=S) groups is 1. The molecule has 1 heterocycles. The maximum Gasteiger partial charge on any atom is 0.266 e. The highest BCUT2D eigenvalue weighted by atomic mass is 32.2. The van der Waals surface area contributed by atoms with E-state index in [4.69, 9.17) is 12.2 Å². The predicted octanol–water partition coefficient (Wildman–Crippen LogP) is 3.00. The molecular weight excluding hydrogens is 404 g/mol. The van der Waals surface area contributed by atoms with Crippen molar-refractivity contribution in [3.8, 4) is 0 Å². The van der Waals surface area contributed by atoms with Crippen molar-refractivity contribution >= 4 is 46.2 Å². The number of carbonyl (C=O) groups is 2. The van der Waals surface area contributed by atoms with Gasteiger partial charge in [-0.3, -0.25) is 14.5 Å². The number of rotatable bonds is 7. The molecule has 2 aromatic rings. The molecule has 1 fully saturated rings. The van der Waals surface area contributed by atoms with Crippen molar-refractivity contribution in [3.63, 3.8) is 0 Å². The maximum absolute atomic E-state index is 12.8. The summed E-state index contributed by atoms with van der Waals surface area (Å²) in [7, 11) is 0. The van der Waals surface area contributed by atoms with Gasteiger partial charge in [-0.2, -0.15) is 0 Å². The fourth-order valence-corrected chi connectivity index (χ4v) is 4.43. The molecule has 1 aliphatic heterocycles. The van der Waals surface area contributed by atoms with Gasteiger partial charge in [-0.25, -0.2) is 0 Å². The summed E-state index contributed by atoms with van der Waals surface area (Å²) in [6, 6.07) is 17.9. The van der Waals surface area contributed by atoms with Crippen molar-refractivity contribution in [2.24, 2.45) is 0 Å². The largest absolute Gasteiger partial charge is 0.394 e. The number of hydrogen-bond donors (Lipinski definition) is 2. The SMILES string of the molecule is C[C@@H](C(=O)N[C@H](CO)Cc1ccccc1)N1C(=O)/C(=C/c2ccccc2)SC1=S. The molecule has 1 aliphatic rings. The summed E-state index contributed by atoms with van der Waals surface area (Å²) in [4.78, 5) is 27.4. The molecule has 1 saturated heterocycles. The lowest BCUT2D eigenvalue weighted by Gasteiger charge is -2.25. The first-order valence-electron chi connectivity index (χ1n) is 9.27. The number of nitrogens with zero attached hydrogens (tertiary/aromatic N) is 1. The molecular formula is C22H22N2O3S2. The Kier molecular flexibility index (Phi) is 7.19. The van der Waals surface area contributed by atoms with Gasteiger partial charge in [-0.15, -0.1) is 0 Å². The van der Waals surface area contributed by atoms with Gasteiger partial charge in [0, 0.05) is 0 Å². The highest BCUT2D eigenvalue weighted by Gasteiger charge is 2.38. The summed E-state index contributed by atoms with van der Waals surface area (Å²) < 4.78 is 0.350. The summed E-state index contributed by atoms with van der Waals surface area (Å²) in [6.45, 7) is 1.45. The second kappa shape index (κ2) is 9.82. The number of benzene rings is 2. The van der Waals surface area contributed by atoms with Crippen LogP contribution < -0.4 is 5.32 Å². The van der Waals surface area contributed by atoms with Crippen LogP contribution in [0.5, 0.6) is 0 Å². The molecule has 0 radical (unpaired) electrons. The van der Waals surface area contributed by atoms with Crippen LogP contribution >= 0.6 is 24.0 Å². The van der Waals surface area contributed by atoms with E-state index in [2.05, 4.69) is 5.32 Å². The number of carbonyl (C=O) groups excluding carboxylic acids is 2. The lowest BCUT2D eigenvalue weighted by atomic mass is 10.1. The molecule has 0 unspecified atom stereocenters. The molecule has 3 rings (SSSR count). The van der Waals surface area contributed by atoms with Crippen LogP contribution in [-0.2, 0) is 16.0 Å². The minimum atomic E-state index is -0.769. The van der Waals surface area contributed by atoms with Crippen molar-refractivity contribution in [1.82, 2.24) is 10.2 Å². The molecule has 0 saturated carbocycles. The van der Waals surface area contributed by atoms with Crippen LogP contribution in [0.2, 0.25) is 0 Å². The molecule has 0 aromatic heterocycles. The third-order valence-corrected chi connectivity index (χ3v) is 5.91.